The first-order chi connectivity index (χ1) is 16.7. The van der Waals surface area contributed by atoms with Gasteiger partial charge in [0.2, 0.25) is 6.79 Å². The standard InChI is InChI=1S/C25H33N3O6/c29-25(26-15-20-2-1-11-31-20)23-6-4-21(34-23)17-28(8-7-27-9-12-30-13-10-27)16-19-3-5-22-24(14-19)33-18-32-22/h3-6,14,20H,1-2,7-13,15-18H2,(H,26,29). The molecule has 2 aromatic rings. The fourth-order valence-corrected chi connectivity index (χ4v) is 4.52. The Kier molecular flexibility index (Phi) is 7.65. The molecule has 1 aromatic carbocycles. The van der Waals surface area contributed by atoms with E-state index in [-0.39, 0.29) is 18.8 Å². The molecule has 0 spiro atoms. The molecule has 34 heavy (non-hydrogen) atoms. The van der Waals surface area contributed by atoms with Gasteiger partial charge in [-0.1, -0.05) is 6.07 Å². The second-order valence-corrected chi connectivity index (χ2v) is 8.96. The van der Waals surface area contributed by atoms with E-state index in [4.69, 9.17) is 23.4 Å². The van der Waals surface area contributed by atoms with Gasteiger partial charge in [0.1, 0.15) is 5.76 Å². The molecule has 3 aliphatic heterocycles. The zero-order chi connectivity index (χ0) is 23.2. The average molecular weight is 472 g/mol. The van der Waals surface area contributed by atoms with Crippen molar-refractivity contribution in [2.75, 3.05) is 59.3 Å². The zero-order valence-corrected chi connectivity index (χ0v) is 19.5. The number of ether oxygens (including phenoxy) is 4. The first-order valence-corrected chi connectivity index (χ1v) is 12.1. The van der Waals surface area contributed by atoms with E-state index in [1.54, 1.807) is 6.07 Å². The molecule has 1 N–H and O–H groups in total. The van der Waals surface area contributed by atoms with Crippen molar-refractivity contribution >= 4 is 5.91 Å². The minimum absolute atomic E-state index is 0.107. The molecule has 2 saturated heterocycles. The Morgan fingerprint density at radius 2 is 1.94 bits per heavy atom. The fourth-order valence-electron chi connectivity index (χ4n) is 4.52. The van der Waals surface area contributed by atoms with Gasteiger partial charge in [-0.05, 0) is 42.7 Å². The number of morpholine rings is 1. The normalized spacial score (nSPS) is 20.2. The third-order valence-corrected chi connectivity index (χ3v) is 6.46. The number of benzene rings is 1. The molecule has 184 valence electrons. The van der Waals surface area contributed by atoms with Crippen molar-refractivity contribution < 1.29 is 28.2 Å². The lowest BCUT2D eigenvalue weighted by Gasteiger charge is -2.29. The van der Waals surface area contributed by atoms with E-state index in [1.807, 2.05) is 18.2 Å². The minimum atomic E-state index is -0.197. The molecular formula is C25H33N3O6. The largest absolute Gasteiger partial charge is 0.455 e. The molecule has 1 amide bonds. The van der Waals surface area contributed by atoms with Crippen LogP contribution in [-0.4, -0.2) is 81.1 Å². The van der Waals surface area contributed by atoms with Crippen molar-refractivity contribution in [1.29, 1.82) is 0 Å². The molecule has 0 saturated carbocycles. The lowest BCUT2D eigenvalue weighted by atomic mass is 10.2. The molecular weight excluding hydrogens is 438 g/mol. The van der Waals surface area contributed by atoms with E-state index in [2.05, 4.69) is 21.2 Å². The Morgan fingerprint density at radius 3 is 2.79 bits per heavy atom. The second-order valence-electron chi connectivity index (χ2n) is 8.96. The van der Waals surface area contributed by atoms with Gasteiger partial charge in [-0.2, -0.15) is 0 Å². The summed E-state index contributed by atoms with van der Waals surface area (Å²) in [5.74, 6) is 2.48. The second kappa shape index (κ2) is 11.2. The highest BCUT2D eigenvalue weighted by atomic mass is 16.7. The van der Waals surface area contributed by atoms with Gasteiger partial charge in [0, 0.05) is 45.9 Å². The van der Waals surface area contributed by atoms with Gasteiger partial charge in [0.25, 0.3) is 5.91 Å². The zero-order valence-electron chi connectivity index (χ0n) is 19.5. The number of nitrogens with one attached hydrogen (secondary N) is 1. The summed E-state index contributed by atoms with van der Waals surface area (Å²) in [5, 5.41) is 2.92. The highest BCUT2D eigenvalue weighted by Gasteiger charge is 2.20. The van der Waals surface area contributed by atoms with Gasteiger partial charge in [-0.15, -0.1) is 0 Å². The number of hydrogen-bond acceptors (Lipinski definition) is 8. The summed E-state index contributed by atoms with van der Waals surface area (Å²) in [6.07, 6.45) is 2.15. The fraction of sp³-hybridized carbons (Fsp3) is 0.560. The van der Waals surface area contributed by atoms with Crippen molar-refractivity contribution in [3.8, 4) is 11.5 Å². The molecule has 4 heterocycles. The molecule has 9 heteroatoms. The highest BCUT2D eigenvalue weighted by Crippen LogP contribution is 2.33. The molecule has 5 rings (SSSR count). The lowest BCUT2D eigenvalue weighted by molar-refractivity contribution is 0.0321. The summed E-state index contributed by atoms with van der Waals surface area (Å²) < 4.78 is 28.0. The van der Waals surface area contributed by atoms with Gasteiger partial charge in [-0.25, -0.2) is 0 Å². The van der Waals surface area contributed by atoms with Gasteiger partial charge in [0.15, 0.2) is 17.3 Å². The van der Waals surface area contributed by atoms with E-state index in [1.165, 1.54) is 0 Å². The van der Waals surface area contributed by atoms with E-state index in [9.17, 15) is 4.79 Å². The predicted octanol–water partition coefficient (Wildman–Crippen LogP) is 2.25. The Labute approximate surface area is 199 Å². The van der Waals surface area contributed by atoms with Crippen molar-refractivity contribution in [3.05, 3.63) is 47.4 Å². The Balaban J connectivity index is 1.21. The van der Waals surface area contributed by atoms with Crippen LogP contribution in [0.4, 0.5) is 0 Å². The van der Waals surface area contributed by atoms with Crippen LogP contribution in [0, 0.1) is 0 Å². The van der Waals surface area contributed by atoms with Crippen LogP contribution in [0.3, 0.4) is 0 Å². The Hall–Kier alpha value is -2.59. The van der Waals surface area contributed by atoms with Crippen molar-refractivity contribution in [3.63, 3.8) is 0 Å². The van der Waals surface area contributed by atoms with Crippen LogP contribution in [0.25, 0.3) is 0 Å². The maximum atomic E-state index is 12.5. The maximum Gasteiger partial charge on any atom is 0.287 e. The Morgan fingerprint density at radius 1 is 1.06 bits per heavy atom. The summed E-state index contributed by atoms with van der Waals surface area (Å²) in [6.45, 7) is 8.19. The van der Waals surface area contributed by atoms with Crippen LogP contribution in [0.2, 0.25) is 0 Å². The number of furan rings is 1. The molecule has 1 unspecified atom stereocenters. The van der Waals surface area contributed by atoms with Crippen molar-refractivity contribution in [1.82, 2.24) is 15.1 Å². The molecule has 1 atom stereocenters. The van der Waals surface area contributed by atoms with Gasteiger partial charge in [-0.3, -0.25) is 14.6 Å². The molecule has 2 fully saturated rings. The molecule has 9 nitrogen and oxygen atoms in total. The molecule has 0 radical (unpaired) electrons. The summed E-state index contributed by atoms with van der Waals surface area (Å²) in [5.41, 5.74) is 1.15. The predicted molar refractivity (Wildman–Crippen MR) is 124 cm³/mol. The Bertz CT molecular complexity index is 952. The lowest BCUT2D eigenvalue weighted by Crippen LogP contribution is -2.41. The van der Waals surface area contributed by atoms with Gasteiger partial charge in [0.05, 0.1) is 25.9 Å². The van der Waals surface area contributed by atoms with Crippen LogP contribution in [0.15, 0.2) is 34.7 Å². The quantitative estimate of drug-likeness (QED) is 0.565. The highest BCUT2D eigenvalue weighted by molar-refractivity contribution is 5.91. The number of nitrogens with zero attached hydrogens (tertiary/aromatic N) is 2. The van der Waals surface area contributed by atoms with E-state index < -0.39 is 0 Å². The van der Waals surface area contributed by atoms with Crippen LogP contribution >= 0.6 is 0 Å². The van der Waals surface area contributed by atoms with Gasteiger partial charge < -0.3 is 28.7 Å². The van der Waals surface area contributed by atoms with E-state index in [0.29, 0.717) is 18.8 Å². The van der Waals surface area contributed by atoms with Crippen molar-refractivity contribution in [2.24, 2.45) is 0 Å². The molecule has 3 aliphatic rings. The molecule has 1 aromatic heterocycles. The summed E-state index contributed by atoms with van der Waals surface area (Å²) in [6, 6.07) is 9.71. The van der Waals surface area contributed by atoms with Crippen LogP contribution in [-0.2, 0) is 22.6 Å². The van der Waals surface area contributed by atoms with Crippen LogP contribution in [0.5, 0.6) is 11.5 Å². The third-order valence-electron chi connectivity index (χ3n) is 6.46. The molecule has 0 bridgehead atoms. The van der Waals surface area contributed by atoms with E-state index in [0.717, 1.165) is 88.2 Å². The van der Waals surface area contributed by atoms with Crippen LogP contribution in [0.1, 0.15) is 34.7 Å². The maximum absolute atomic E-state index is 12.5. The first-order valence-electron chi connectivity index (χ1n) is 12.1. The topological polar surface area (TPSA) is 85.6 Å². The summed E-state index contributed by atoms with van der Waals surface area (Å²) in [7, 11) is 0. The SMILES string of the molecule is O=C(NCC1CCCO1)c1ccc(CN(CCN2CCOCC2)Cc2ccc3c(c2)OCO3)o1. The molecule has 0 aliphatic carbocycles. The number of rotatable bonds is 10. The van der Waals surface area contributed by atoms with Crippen LogP contribution < -0.4 is 14.8 Å². The van der Waals surface area contributed by atoms with Gasteiger partial charge >= 0.3 is 0 Å². The first kappa shape index (κ1) is 23.2. The average Bonchev–Trinajstić information content (AvgIpc) is 3.64. The van der Waals surface area contributed by atoms with Crippen molar-refractivity contribution in [2.45, 2.75) is 32.0 Å². The van der Waals surface area contributed by atoms with E-state index >= 15 is 0 Å². The monoisotopic (exact) mass is 471 g/mol. The number of fused-ring (bicyclic) bond motifs is 1. The number of hydrogen-bond donors (Lipinski definition) is 1. The summed E-state index contributed by atoms with van der Waals surface area (Å²) >= 11 is 0. The number of carbonyl (C=O) groups is 1. The number of carbonyl (C=O) groups excluding carboxylic acids is 1. The summed E-state index contributed by atoms with van der Waals surface area (Å²) in [4.78, 5) is 17.3. The smallest absolute Gasteiger partial charge is 0.287 e. The minimum Gasteiger partial charge on any atom is -0.455 e. The number of amides is 1. The third kappa shape index (κ3) is 6.09.